The predicted molar refractivity (Wildman–Crippen MR) is 92.1 cm³/mol. The van der Waals surface area contributed by atoms with Crippen LogP contribution in [-0.2, 0) is 15.7 Å². The highest BCUT2D eigenvalue weighted by molar-refractivity contribution is 5.94. The van der Waals surface area contributed by atoms with E-state index in [0.717, 1.165) is 25.0 Å². The van der Waals surface area contributed by atoms with Crippen molar-refractivity contribution in [2.24, 2.45) is 5.92 Å². The van der Waals surface area contributed by atoms with E-state index in [-0.39, 0.29) is 17.4 Å². The summed E-state index contributed by atoms with van der Waals surface area (Å²) in [5.41, 5.74) is -0.571. The second kappa shape index (κ2) is 7.88. The first kappa shape index (κ1) is 19.7. The largest absolute Gasteiger partial charge is 0.416 e. The fourth-order valence-electron chi connectivity index (χ4n) is 3.01. The molecule has 1 saturated heterocycles. The summed E-state index contributed by atoms with van der Waals surface area (Å²) in [6, 6.07) is 4.20. The van der Waals surface area contributed by atoms with Crippen molar-refractivity contribution in [2.45, 2.75) is 32.0 Å². The smallest absolute Gasteiger partial charge is 0.368 e. The zero-order chi connectivity index (χ0) is 19.6. The monoisotopic (exact) mass is 384 g/mol. The molecule has 2 amide bonds. The number of benzene rings is 1. The Bertz CT molecular complexity index is 678. The molecule has 0 radical (unpaired) electrons. The average molecular weight is 384 g/mol. The molecule has 1 heterocycles. The molecule has 1 saturated carbocycles. The summed E-state index contributed by atoms with van der Waals surface area (Å²) in [5.74, 6) is 0.171. The van der Waals surface area contributed by atoms with Crippen molar-refractivity contribution in [3.05, 3.63) is 35.4 Å². The van der Waals surface area contributed by atoms with Crippen molar-refractivity contribution in [2.75, 3.05) is 32.8 Å². The lowest BCUT2D eigenvalue weighted by Crippen LogP contribution is -2.52. The molecule has 1 aliphatic carbocycles. The maximum atomic E-state index is 12.6. The molecule has 1 atom stereocenters. The number of halogens is 3. The Morgan fingerprint density at radius 1 is 1.07 bits per heavy atom. The molecule has 0 N–H and O–H groups in total. The normalized spacial score (nSPS) is 19.1. The van der Waals surface area contributed by atoms with Gasteiger partial charge in [0.05, 0.1) is 12.2 Å². The summed E-state index contributed by atoms with van der Waals surface area (Å²) in [6.45, 7) is 3.83. The van der Waals surface area contributed by atoms with Crippen molar-refractivity contribution >= 4 is 11.8 Å². The van der Waals surface area contributed by atoms with Gasteiger partial charge in [0.2, 0.25) is 0 Å². The lowest BCUT2D eigenvalue weighted by atomic mass is 10.1. The van der Waals surface area contributed by atoms with Crippen LogP contribution in [0.25, 0.3) is 0 Å². The number of carbonyl (C=O) groups excluding carboxylic acids is 2. The summed E-state index contributed by atoms with van der Waals surface area (Å²) < 4.78 is 43.5. The molecule has 8 heteroatoms. The Balaban J connectivity index is 1.50. The van der Waals surface area contributed by atoms with Crippen molar-refractivity contribution in [3.8, 4) is 0 Å². The SMILES string of the molecule is CC(OCC1CC1)C(=O)N1CCN(C(=O)c2ccc(C(F)(F)F)cc2)CC1. The van der Waals surface area contributed by atoms with Gasteiger partial charge >= 0.3 is 6.18 Å². The van der Waals surface area contributed by atoms with Crippen LogP contribution in [0.1, 0.15) is 35.7 Å². The maximum absolute atomic E-state index is 12.6. The lowest BCUT2D eigenvalue weighted by Gasteiger charge is -2.36. The molecule has 2 fully saturated rings. The van der Waals surface area contributed by atoms with Gasteiger partial charge in [-0.2, -0.15) is 13.2 Å². The Morgan fingerprint density at radius 3 is 2.15 bits per heavy atom. The molecule has 1 unspecified atom stereocenters. The van der Waals surface area contributed by atoms with Gasteiger partial charge in [0, 0.05) is 31.7 Å². The van der Waals surface area contributed by atoms with Gasteiger partial charge in [-0.05, 0) is 49.9 Å². The van der Waals surface area contributed by atoms with Gasteiger partial charge in [-0.1, -0.05) is 0 Å². The Labute approximate surface area is 156 Å². The average Bonchev–Trinajstić information content (AvgIpc) is 3.49. The van der Waals surface area contributed by atoms with Gasteiger partial charge in [-0.15, -0.1) is 0 Å². The molecule has 0 aromatic heterocycles. The number of hydrogen-bond donors (Lipinski definition) is 0. The first-order valence-corrected chi connectivity index (χ1v) is 9.12. The molecule has 1 aromatic carbocycles. The van der Waals surface area contributed by atoms with Gasteiger partial charge in [-0.25, -0.2) is 0 Å². The lowest BCUT2D eigenvalue weighted by molar-refractivity contribution is -0.144. The molecule has 2 aliphatic rings. The third-order valence-corrected chi connectivity index (χ3v) is 4.96. The van der Waals surface area contributed by atoms with E-state index in [0.29, 0.717) is 38.7 Å². The number of hydrogen-bond acceptors (Lipinski definition) is 3. The third-order valence-electron chi connectivity index (χ3n) is 4.96. The zero-order valence-electron chi connectivity index (χ0n) is 15.2. The van der Waals surface area contributed by atoms with Crippen molar-refractivity contribution < 1.29 is 27.5 Å². The highest BCUT2D eigenvalue weighted by Gasteiger charge is 2.32. The number of amides is 2. The van der Waals surface area contributed by atoms with Crippen molar-refractivity contribution in [1.29, 1.82) is 0 Å². The van der Waals surface area contributed by atoms with E-state index in [1.54, 1.807) is 16.7 Å². The summed E-state index contributed by atoms with van der Waals surface area (Å²) in [7, 11) is 0. The Kier molecular flexibility index (Phi) is 5.74. The van der Waals surface area contributed by atoms with Gasteiger partial charge < -0.3 is 14.5 Å². The fourth-order valence-corrected chi connectivity index (χ4v) is 3.01. The van der Waals surface area contributed by atoms with Crippen LogP contribution >= 0.6 is 0 Å². The number of rotatable bonds is 5. The van der Waals surface area contributed by atoms with E-state index >= 15 is 0 Å². The standard InChI is InChI=1S/C19H23F3N2O3/c1-13(27-12-14-2-3-14)17(25)23-8-10-24(11-9-23)18(26)15-4-6-16(7-5-15)19(20,21)22/h4-7,13-14H,2-3,8-12H2,1H3. The highest BCUT2D eigenvalue weighted by Crippen LogP contribution is 2.30. The number of carbonyl (C=O) groups is 2. The summed E-state index contributed by atoms with van der Waals surface area (Å²) >= 11 is 0. The first-order chi connectivity index (χ1) is 12.8. The van der Waals surface area contributed by atoms with Crippen LogP contribution in [0.4, 0.5) is 13.2 Å². The zero-order valence-corrected chi connectivity index (χ0v) is 15.2. The minimum Gasteiger partial charge on any atom is -0.368 e. The molecule has 0 bridgehead atoms. The van der Waals surface area contributed by atoms with Crippen molar-refractivity contribution in [3.63, 3.8) is 0 Å². The van der Waals surface area contributed by atoms with Crippen LogP contribution < -0.4 is 0 Å². The maximum Gasteiger partial charge on any atom is 0.416 e. The quantitative estimate of drug-likeness (QED) is 0.785. The molecular weight excluding hydrogens is 361 g/mol. The van der Waals surface area contributed by atoms with Gasteiger partial charge in [-0.3, -0.25) is 9.59 Å². The van der Waals surface area contributed by atoms with Crippen LogP contribution in [0.5, 0.6) is 0 Å². The molecule has 148 valence electrons. The molecule has 5 nitrogen and oxygen atoms in total. The van der Waals surface area contributed by atoms with Crippen LogP contribution in [0.2, 0.25) is 0 Å². The molecule has 0 spiro atoms. The van der Waals surface area contributed by atoms with E-state index in [2.05, 4.69) is 0 Å². The molecule has 1 aliphatic heterocycles. The minimum atomic E-state index is -4.42. The Hall–Kier alpha value is -2.09. The number of piperazine rings is 1. The number of alkyl halides is 3. The minimum absolute atomic E-state index is 0.0859. The van der Waals surface area contributed by atoms with Crippen molar-refractivity contribution in [1.82, 2.24) is 9.80 Å². The summed E-state index contributed by atoms with van der Waals surface area (Å²) in [5, 5.41) is 0. The van der Waals surface area contributed by atoms with Crippen LogP contribution in [0.15, 0.2) is 24.3 Å². The van der Waals surface area contributed by atoms with E-state index < -0.39 is 17.8 Å². The van der Waals surface area contributed by atoms with E-state index in [4.69, 9.17) is 4.74 Å². The first-order valence-electron chi connectivity index (χ1n) is 9.12. The molecule has 1 aromatic rings. The fraction of sp³-hybridized carbons (Fsp3) is 0.579. The van der Waals surface area contributed by atoms with Crippen LogP contribution in [0, 0.1) is 5.92 Å². The number of nitrogens with zero attached hydrogens (tertiary/aromatic N) is 2. The Morgan fingerprint density at radius 2 is 1.63 bits per heavy atom. The highest BCUT2D eigenvalue weighted by atomic mass is 19.4. The van der Waals surface area contributed by atoms with Gasteiger partial charge in [0.25, 0.3) is 11.8 Å². The van der Waals surface area contributed by atoms with E-state index in [1.807, 2.05) is 0 Å². The summed E-state index contributed by atoms with van der Waals surface area (Å²) in [6.07, 6.45) is -2.61. The predicted octanol–water partition coefficient (Wildman–Crippen LogP) is 2.80. The summed E-state index contributed by atoms with van der Waals surface area (Å²) in [4.78, 5) is 28.1. The third kappa shape index (κ3) is 5.00. The van der Waals surface area contributed by atoms with Crippen LogP contribution in [-0.4, -0.2) is 60.5 Å². The van der Waals surface area contributed by atoms with E-state index in [9.17, 15) is 22.8 Å². The molecule has 3 rings (SSSR count). The number of ether oxygens (including phenoxy) is 1. The topological polar surface area (TPSA) is 49.9 Å². The molecular formula is C19H23F3N2O3. The van der Waals surface area contributed by atoms with Gasteiger partial charge in [0.15, 0.2) is 0 Å². The second-order valence-electron chi connectivity index (χ2n) is 7.11. The molecule has 27 heavy (non-hydrogen) atoms. The van der Waals surface area contributed by atoms with Gasteiger partial charge in [0.1, 0.15) is 6.10 Å². The van der Waals surface area contributed by atoms with E-state index in [1.165, 1.54) is 12.1 Å². The van der Waals surface area contributed by atoms with Crippen LogP contribution in [0.3, 0.4) is 0 Å². The second-order valence-corrected chi connectivity index (χ2v) is 7.11.